The number of rotatable bonds is 4. The first-order valence-electron chi connectivity index (χ1n) is 7.32. The molecule has 1 N–H and O–H groups in total. The summed E-state index contributed by atoms with van der Waals surface area (Å²) in [4.78, 5) is 25.6. The zero-order valence-corrected chi connectivity index (χ0v) is 13.9. The van der Waals surface area contributed by atoms with Crippen molar-refractivity contribution in [3.63, 3.8) is 0 Å². The molecule has 6 heteroatoms. The van der Waals surface area contributed by atoms with E-state index in [0.717, 1.165) is 29.9 Å². The Kier molecular flexibility index (Phi) is 4.26. The summed E-state index contributed by atoms with van der Waals surface area (Å²) < 4.78 is 5.18. The summed E-state index contributed by atoms with van der Waals surface area (Å²) in [6, 6.07) is 0. The van der Waals surface area contributed by atoms with Gasteiger partial charge >= 0.3 is 5.97 Å². The Hall–Kier alpha value is -1.01. The van der Waals surface area contributed by atoms with Gasteiger partial charge in [-0.25, -0.2) is 4.79 Å². The number of fused-ring (bicyclic) bond motifs is 1. The number of anilines is 1. The molecule has 1 aliphatic carbocycles. The van der Waals surface area contributed by atoms with E-state index in [-0.39, 0.29) is 17.8 Å². The highest BCUT2D eigenvalue weighted by atomic mass is 32.2. The van der Waals surface area contributed by atoms with E-state index in [4.69, 9.17) is 4.74 Å². The Morgan fingerprint density at radius 2 is 2.19 bits per heavy atom. The summed E-state index contributed by atoms with van der Waals surface area (Å²) in [7, 11) is 0. The fourth-order valence-electron chi connectivity index (χ4n) is 2.63. The third-order valence-electron chi connectivity index (χ3n) is 3.98. The molecule has 1 fully saturated rings. The van der Waals surface area contributed by atoms with Crippen LogP contribution in [0.15, 0.2) is 0 Å². The van der Waals surface area contributed by atoms with Gasteiger partial charge < -0.3 is 10.1 Å². The highest BCUT2D eigenvalue weighted by molar-refractivity contribution is 7.98. The third-order valence-corrected chi connectivity index (χ3v) is 6.30. The van der Waals surface area contributed by atoms with Gasteiger partial charge in [-0.2, -0.15) is 11.8 Å². The maximum absolute atomic E-state index is 12.3. The zero-order valence-electron chi connectivity index (χ0n) is 12.2. The van der Waals surface area contributed by atoms with Crippen molar-refractivity contribution < 1.29 is 14.3 Å². The van der Waals surface area contributed by atoms with Crippen molar-refractivity contribution in [1.29, 1.82) is 0 Å². The van der Waals surface area contributed by atoms with E-state index in [2.05, 4.69) is 12.2 Å². The summed E-state index contributed by atoms with van der Waals surface area (Å²) >= 11 is 3.41. The lowest BCUT2D eigenvalue weighted by Crippen LogP contribution is -2.17. The highest BCUT2D eigenvalue weighted by Crippen LogP contribution is 2.42. The van der Waals surface area contributed by atoms with Crippen LogP contribution in [-0.2, 0) is 21.7 Å². The number of hydrogen-bond donors (Lipinski definition) is 1. The maximum atomic E-state index is 12.3. The number of thioether (sulfide) groups is 1. The van der Waals surface area contributed by atoms with Gasteiger partial charge in [0.15, 0.2) is 0 Å². The van der Waals surface area contributed by atoms with Crippen molar-refractivity contribution in [2.75, 3.05) is 17.7 Å². The molecule has 4 nitrogen and oxygen atoms in total. The van der Waals surface area contributed by atoms with E-state index in [0.29, 0.717) is 23.1 Å². The number of ether oxygens (including phenoxy) is 1. The molecule has 1 aromatic rings. The van der Waals surface area contributed by atoms with Crippen LogP contribution in [0.25, 0.3) is 0 Å². The largest absolute Gasteiger partial charge is 0.462 e. The predicted molar refractivity (Wildman–Crippen MR) is 86.0 cm³/mol. The fraction of sp³-hybridized carbons (Fsp3) is 0.600. The molecule has 3 rings (SSSR count). The number of hydrogen-bond acceptors (Lipinski definition) is 5. The van der Waals surface area contributed by atoms with Gasteiger partial charge in [0.1, 0.15) is 5.00 Å². The zero-order chi connectivity index (χ0) is 15.0. The van der Waals surface area contributed by atoms with Crippen LogP contribution in [0, 0.1) is 11.8 Å². The predicted octanol–water partition coefficient (Wildman–Crippen LogP) is 3.31. The molecule has 1 aromatic heterocycles. The van der Waals surface area contributed by atoms with Crippen molar-refractivity contribution in [2.45, 2.75) is 32.4 Å². The van der Waals surface area contributed by atoms with Gasteiger partial charge in [-0.3, -0.25) is 4.79 Å². The molecule has 1 aliphatic heterocycles. The van der Waals surface area contributed by atoms with Gasteiger partial charge in [0.05, 0.1) is 12.2 Å². The van der Waals surface area contributed by atoms with Crippen molar-refractivity contribution in [1.82, 2.24) is 0 Å². The number of carbonyl (C=O) groups excluding carboxylic acids is 2. The quantitative estimate of drug-likeness (QED) is 0.863. The van der Waals surface area contributed by atoms with Crippen LogP contribution >= 0.6 is 23.1 Å². The summed E-state index contributed by atoms with van der Waals surface area (Å²) in [5.41, 5.74) is 1.68. The lowest BCUT2D eigenvalue weighted by molar-refractivity contribution is -0.117. The van der Waals surface area contributed by atoms with Crippen LogP contribution in [0.1, 0.15) is 41.1 Å². The number of thiophene rings is 1. The first-order chi connectivity index (χ1) is 10.1. The molecule has 114 valence electrons. The Balaban J connectivity index is 1.89. The average molecular weight is 325 g/mol. The van der Waals surface area contributed by atoms with Crippen LogP contribution < -0.4 is 5.32 Å². The maximum Gasteiger partial charge on any atom is 0.341 e. The minimum atomic E-state index is -0.305. The standard InChI is InChI=1S/C15H19NO3S2/c1-3-19-15(18)12-9-4-5-20-7-11(9)21-14(12)16-13(17)10-6-8(10)2/h8,10H,3-7H2,1-2H3,(H,16,17)/t8-,10+/m1/s1. The first-order valence-corrected chi connectivity index (χ1v) is 9.29. The van der Waals surface area contributed by atoms with Gasteiger partial charge in [0.2, 0.25) is 5.91 Å². The lowest BCUT2D eigenvalue weighted by atomic mass is 10.1. The minimum absolute atomic E-state index is 0.0410. The summed E-state index contributed by atoms with van der Waals surface area (Å²) in [6.07, 6.45) is 1.82. The number of carbonyl (C=O) groups is 2. The van der Waals surface area contributed by atoms with Crippen LogP contribution in [-0.4, -0.2) is 24.2 Å². The van der Waals surface area contributed by atoms with E-state index in [1.807, 2.05) is 11.8 Å². The summed E-state index contributed by atoms with van der Waals surface area (Å²) in [6.45, 7) is 4.23. The molecule has 1 saturated carbocycles. The smallest absolute Gasteiger partial charge is 0.341 e. The van der Waals surface area contributed by atoms with Gasteiger partial charge in [-0.15, -0.1) is 11.3 Å². The SMILES string of the molecule is CCOC(=O)c1c(NC(=O)[C@H]2C[C@H]2C)sc2c1CCSC2. The number of esters is 1. The third kappa shape index (κ3) is 2.97. The molecule has 0 radical (unpaired) electrons. The van der Waals surface area contributed by atoms with Gasteiger partial charge in [-0.1, -0.05) is 6.92 Å². The monoisotopic (exact) mass is 325 g/mol. The molecule has 0 aromatic carbocycles. The van der Waals surface area contributed by atoms with Gasteiger partial charge in [0.25, 0.3) is 0 Å². The van der Waals surface area contributed by atoms with Crippen LogP contribution in [0.5, 0.6) is 0 Å². The molecule has 21 heavy (non-hydrogen) atoms. The second-order valence-electron chi connectivity index (χ2n) is 5.54. The minimum Gasteiger partial charge on any atom is -0.462 e. The topological polar surface area (TPSA) is 55.4 Å². The molecule has 0 saturated heterocycles. The van der Waals surface area contributed by atoms with Gasteiger partial charge in [0, 0.05) is 16.5 Å². The molecular formula is C15H19NO3S2. The molecule has 2 aliphatic rings. The molecule has 2 atom stereocenters. The van der Waals surface area contributed by atoms with Gasteiger partial charge in [-0.05, 0) is 37.0 Å². The van der Waals surface area contributed by atoms with Crippen molar-refractivity contribution in [2.24, 2.45) is 11.8 Å². The van der Waals surface area contributed by atoms with Crippen molar-refractivity contribution >= 4 is 40.0 Å². The van der Waals surface area contributed by atoms with Crippen molar-refractivity contribution in [3.05, 3.63) is 16.0 Å². The Morgan fingerprint density at radius 3 is 2.86 bits per heavy atom. The molecule has 0 bridgehead atoms. The van der Waals surface area contributed by atoms with E-state index < -0.39 is 0 Å². The second kappa shape index (κ2) is 6.01. The van der Waals surface area contributed by atoms with E-state index in [9.17, 15) is 9.59 Å². The molecule has 1 amide bonds. The molecule has 2 heterocycles. The highest BCUT2D eigenvalue weighted by Gasteiger charge is 2.40. The number of nitrogens with one attached hydrogen (secondary N) is 1. The molecular weight excluding hydrogens is 306 g/mol. The normalized spacial score (nSPS) is 23.3. The Morgan fingerprint density at radius 1 is 1.43 bits per heavy atom. The summed E-state index contributed by atoms with van der Waals surface area (Å²) in [5.74, 6) is 2.24. The van der Waals surface area contributed by atoms with E-state index >= 15 is 0 Å². The fourth-order valence-corrected chi connectivity index (χ4v) is 5.00. The van der Waals surface area contributed by atoms with E-state index in [1.54, 1.807) is 6.92 Å². The van der Waals surface area contributed by atoms with Crippen LogP contribution in [0.4, 0.5) is 5.00 Å². The number of amides is 1. The lowest BCUT2D eigenvalue weighted by Gasteiger charge is -2.12. The summed E-state index contributed by atoms with van der Waals surface area (Å²) in [5, 5.41) is 3.65. The first kappa shape index (κ1) is 14.9. The van der Waals surface area contributed by atoms with Crippen LogP contribution in [0.3, 0.4) is 0 Å². The molecule has 0 spiro atoms. The van der Waals surface area contributed by atoms with E-state index in [1.165, 1.54) is 16.2 Å². The van der Waals surface area contributed by atoms with Crippen LogP contribution in [0.2, 0.25) is 0 Å². The second-order valence-corrected chi connectivity index (χ2v) is 7.75. The Labute approximate surface area is 132 Å². The average Bonchev–Trinajstić information content (AvgIpc) is 3.08. The van der Waals surface area contributed by atoms with Crippen molar-refractivity contribution in [3.8, 4) is 0 Å². The Bertz CT molecular complexity index is 582. The molecule has 0 unspecified atom stereocenters.